The highest BCUT2D eigenvalue weighted by Gasteiger charge is 2.42. The average Bonchev–Trinajstić information content (AvgIpc) is 3.62. The number of hydrogen-bond acceptors (Lipinski definition) is 7. The van der Waals surface area contributed by atoms with Crippen LogP contribution in [0.5, 0.6) is 0 Å². The predicted octanol–water partition coefficient (Wildman–Crippen LogP) is -0.504. The lowest BCUT2D eigenvalue weighted by Gasteiger charge is -2.32. The van der Waals surface area contributed by atoms with E-state index in [9.17, 15) is 29.1 Å². The molecule has 14 heteroatoms. The zero-order valence-electron chi connectivity index (χ0n) is 25.4. The lowest BCUT2D eigenvalue weighted by atomic mass is 9.98. The summed E-state index contributed by atoms with van der Waals surface area (Å²) in [5, 5.41) is 15.0. The lowest BCUT2D eigenvalue weighted by molar-refractivity contribution is -0.145. The van der Waals surface area contributed by atoms with Crippen LogP contribution in [0.2, 0.25) is 0 Å². The summed E-state index contributed by atoms with van der Waals surface area (Å²) in [4.78, 5) is 72.0. The first-order valence-electron chi connectivity index (χ1n) is 15.0. The van der Waals surface area contributed by atoms with Gasteiger partial charge in [0.2, 0.25) is 23.6 Å². The highest BCUT2D eigenvalue weighted by molar-refractivity contribution is 5.96. The first kappa shape index (κ1) is 34.8. The molecule has 0 radical (unpaired) electrons. The number of carbonyl (C=O) groups is 5. The van der Waals surface area contributed by atoms with Crippen LogP contribution >= 0.6 is 0 Å². The Morgan fingerprint density at radius 2 is 1.43 bits per heavy atom. The standard InChI is InChI=1S/C28H50N8O6/c1-5-17(4)22(29)26(40)36-14-8-11-21(36)24(38)34-19(15-16(2)3)25(39)35-13-7-10-20(35)23(37)33-18(27(41)42)9-6-12-32-28(30)31/h16-22H,5-15,29H2,1-4H3,(H,33,37)(H,34,38)(H,41,42)(H4,30,31,32)/t17-,18-,19-,20-,21-,22-/m0/s1. The van der Waals surface area contributed by atoms with Gasteiger partial charge in [-0.15, -0.1) is 0 Å². The Hall–Kier alpha value is -3.42. The van der Waals surface area contributed by atoms with E-state index >= 15 is 0 Å². The van der Waals surface area contributed by atoms with Gasteiger partial charge in [-0.1, -0.05) is 34.1 Å². The topological polar surface area (TPSA) is 227 Å². The smallest absolute Gasteiger partial charge is 0.326 e. The second-order valence-corrected chi connectivity index (χ2v) is 11.8. The summed E-state index contributed by atoms with van der Waals surface area (Å²) < 4.78 is 0. The lowest BCUT2D eigenvalue weighted by Crippen LogP contribution is -2.58. The predicted molar refractivity (Wildman–Crippen MR) is 158 cm³/mol. The zero-order valence-corrected chi connectivity index (χ0v) is 25.4. The van der Waals surface area contributed by atoms with Crippen molar-refractivity contribution in [1.82, 2.24) is 20.4 Å². The molecule has 0 aromatic carbocycles. The highest BCUT2D eigenvalue weighted by Crippen LogP contribution is 2.23. The summed E-state index contributed by atoms with van der Waals surface area (Å²) in [6, 6.07) is -4.35. The molecule has 4 amide bonds. The Morgan fingerprint density at radius 3 is 1.90 bits per heavy atom. The van der Waals surface area contributed by atoms with E-state index in [1.165, 1.54) is 9.80 Å². The van der Waals surface area contributed by atoms with Crippen molar-refractivity contribution in [2.45, 2.75) is 109 Å². The van der Waals surface area contributed by atoms with Gasteiger partial charge in [-0.05, 0) is 56.8 Å². The molecule has 0 unspecified atom stereocenters. The van der Waals surface area contributed by atoms with Gasteiger partial charge in [0.25, 0.3) is 0 Å². The summed E-state index contributed by atoms with van der Waals surface area (Å²) in [6.45, 7) is 8.67. The molecule has 0 bridgehead atoms. The third-order valence-corrected chi connectivity index (χ3v) is 8.10. The second-order valence-electron chi connectivity index (χ2n) is 11.8. The van der Waals surface area contributed by atoms with Crippen molar-refractivity contribution in [3.05, 3.63) is 0 Å². The van der Waals surface area contributed by atoms with E-state index in [1.54, 1.807) is 0 Å². The number of carboxylic acid groups (broad SMARTS) is 1. The monoisotopic (exact) mass is 594 g/mol. The number of guanidine groups is 1. The van der Waals surface area contributed by atoms with Crippen LogP contribution in [-0.2, 0) is 24.0 Å². The van der Waals surface area contributed by atoms with E-state index < -0.39 is 53.9 Å². The molecule has 2 rings (SSSR count). The van der Waals surface area contributed by atoms with E-state index in [-0.39, 0.29) is 36.7 Å². The number of aliphatic carboxylic acids is 1. The molecule has 0 spiro atoms. The molecule has 2 heterocycles. The SMILES string of the molecule is CC[C@H](C)[C@H](N)C(=O)N1CCC[C@H]1C(=O)N[C@@H](CC(C)C)C(=O)N1CCC[C@H]1C(=O)N[C@@H](CCCN=C(N)N)C(=O)O. The number of nitrogens with zero attached hydrogens (tertiary/aromatic N) is 3. The van der Waals surface area contributed by atoms with Crippen LogP contribution in [0.15, 0.2) is 4.99 Å². The van der Waals surface area contributed by atoms with Crippen LogP contribution in [0.25, 0.3) is 0 Å². The number of hydrogen-bond donors (Lipinski definition) is 6. The Kier molecular flexibility index (Phi) is 13.5. The fraction of sp³-hybridized carbons (Fsp3) is 0.786. The summed E-state index contributed by atoms with van der Waals surface area (Å²) in [6.07, 6.45) is 3.59. The summed E-state index contributed by atoms with van der Waals surface area (Å²) in [7, 11) is 0. The van der Waals surface area contributed by atoms with Crippen molar-refractivity contribution >= 4 is 35.6 Å². The van der Waals surface area contributed by atoms with Gasteiger partial charge < -0.3 is 42.7 Å². The van der Waals surface area contributed by atoms with E-state index in [4.69, 9.17) is 17.2 Å². The molecule has 2 aliphatic rings. The maximum atomic E-state index is 13.8. The minimum absolute atomic E-state index is 0.0331. The maximum Gasteiger partial charge on any atom is 0.326 e. The van der Waals surface area contributed by atoms with Crippen LogP contribution in [0.4, 0.5) is 0 Å². The van der Waals surface area contributed by atoms with Crippen molar-refractivity contribution in [3.63, 3.8) is 0 Å². The number of carboxylic acids is 1. The number of carbonyl (C=O) groups excluding carboxylic acids is 4. The summed E-state index contributed by atoms with van der Waals surface area (Å²) in [5.74, 6) is -2.92. The minimum Gasteiger partial charge on any atom is -0.480 e. The summed E-state index contributed by atoms with van der Waals surface area (Å²) in [5.41, 5.74) is 16.8. The number of aliphatic imine (C=N–C) groups is 1. The van der Waals surface area contributed by atoms with Gasteiger partial charge in [-0.25, -0.2) is 4.79 Å². The van der Waals surface area contributed by atoms with Gasteiger partial charge in [-0.2, -0.15) is 0 Å². The Labute approximate surface area is 248 Å². The molecule has 6 atom stereocenters. The third kappa shape index (κ3) is 9.57. The molecule has 0 aliphatic carbocycles. The maximum absolute atomic E-state index is 13.8. The van der Waals surface area contributed by atoms with Crippen molar-refractivity contribution < 1.29 is 29.1 Å². The number of likely N-dealkylation sites (tertiary alicyclic amines) is 2. The Bertz CT molecular complexity index is 1000. The van der Waals surface area contributed by atoms with Crippen molar-refractivity contribution in [3.8, 4) is 0 Å². The van der Waals surface area contributed by atoms with E-state index in [0.717, 1.165) is 6.42 Å². The third-order valence-electron chi connectivity index (χ3n) is 8.10. The molecular formula is C28H50N8O6. The molecule has 0 aromatic rings. The Morgan fingerprint density at radius 1 is 0.905 bits per heavy atom. The van der Waals surface area contributed by atoms with Crippen LogP contribution in [0, 0.1) is 11.8 Å². The second kappa shape index (κ2) is 16.3. The van der Waals surface area contributed by atoms with Crippen LogP contribution in [0.1, 0.15) is 79.1 Å². The van der Waals surface area contributed by atoms with Crippen molar-refractivity contribution in [1.29, 1.82) is 0 Å². The first-order valence-corrected chi connectivity index (χ1v) is 15.0. The zero-order chi connectivity index (χ0) is 31.6. The number of nitrogens with one attached hydrogen (secondary N) is 2. The highest BCUT2D eigenvalue weighted by atomic mass is 16.4. The van der Waals surface area contributed by atoms with Crippen molar-refractivity contribution in [2.75, 3.05) is 19.6 Å². The van der Waals surface area contributed by atoms with Gasteiger partial charge in [0.1, 0.15) is 24.2 Å². The van der Waals surface area contributed by atoms with Crippen LogP contribution in [0.3, 0.4) is 0 Å². The van der Waals surface area contributed by atoms with Gasteiger partial charge in [0, 0.05) is 19.6 Å². The Balaban J connectivity index is 2.12. The minimum atomic E-state index is -1.20. The average molecular weight is 595 g/mol. The largest absolute Gasteiger partial charge is 0.480 e. The molecular weight excluding hydrogens is 544 g/mol. The fourth-order valence-corrected chi connectivity index (χ4v) is 5.48. The van der Waals surface area contributed by atoms with Crippen molar-refractivity contribution in [2.24, 2.45) is 34.0 Å². The first-order chi connectivity index (χ1) is 19.8. The molecule has 0 aromatic heterocycles. The summed E-state index contributed by atoms with van der Waals surface area (Å²) >= 11 is 0. The molecule has 0 saturated carbocycles. The number of nitrogens with two attached hydrogens (primary N) is 3. The van der Waals surface area contributed by atoms with Gasteiger partial charge >= 0.3 is 5.97 Å². The van der Waals surface area contributed by atoms with Crippen LogP contribution in [-0.4, -0.2) is 100 Å². The van der Waals surface area contributed by atoms with Crippen LogP contribution < -0.4 is 27.8 Å². The molecule has 2 fully saturated rings. The normalized spacial score (nSPS) is 21.4. The molecule has 14 nitrogen and oxygen atoms in total. The number of rotatable bonds is 15. The van der Waals surface area contributed by atoms with E-state index in [0.29, 0.717) is 51.6 Å². The molecule has 2 aliphatic heterocycles. The number of amides is 4. The van der Waals surface area contributed by atoms with Gasteiger partial charge in [0.05, 0.1) is 6.04 Å². The molecule has 2 saturated heterocycles. The fourth-order valence-electron chi connectivity index (χ4n) is 5.48. The molecule has 238 valence electrons. The quantitative estimate of drug-likeness (QED) is 0.0814. The van der Waals surface area contributed by atoms with E-state index in [2.05, 4.69) is 15.6 Å². The van der Waals surface area contributed by atoms with E-state index in [1.807, 2.05) is 27.7 Å². The molecule has 9 N–H and O–H groups in total. The molecule has 42 heavy (non-hydrogen) atoms. The van der Waals surface area contributed by atoms with Gasteiger partial charge in [0.15, 0.2) is 5.96 Å². The van der Waals surface area contributed by atoms with Gasteiger partial charge in [-0.3, -0.25) is 24.2 Å².